The summed E-state index contributed by atoms with van der Waals surface area (Å²) in [6.45, 7) is 4.51. The van der Waals surface area contributed by atoms with Gasteiger partial charge in [0.1, 0.15) is 5.58 Å². The summed E-state index contributed by atoms with van der Waals surface area (Å²) < 4.78 is 5.59. The van der Waals surface area contributed by atoms with Crippen LogP contribution in [0.4, 0.5) is 0 Å². The van der Waals surface area contributed by atoms with Crippen LogP contribution in [0.3, 0.4) is 0 Å². The highest BCUT2D eigenvalue weighted by Crippen LogP contribution is 2.21. The van der Waals surface area contributed by atoms with Gasteiger partial charge >= 0.3 is 0 Å². The maximum Gasteiger partial charge on any atom is 0.290 e. The van der Waals surface area contributed by atoms with E-state index in [4.69, 9.17) is 15.4 Å². The van der Waals surface area contributed by atoms with Crippen molar-refractivity contribution in [2.45, 2.75) is 20.3 Å². The fourth-order valence-electron chi connectivity index (χ4n) is 2.17. The summed E-state index contributed by atoms with van der Waals surface area (Å²) in [5, 5.41) is 12.4. The molecule has 21 heavy (non-hydrogen) atoms. The van der Waals surface area contributed by atoms with E-state index in [0.717, 1.165) is 17.4 Å². The molecule has 0 aliphatic carbocycles. The SMILES string of the molecule is CCCN(CC(N)=NO)C(=O)c1cc2cc(C)ccc2o1. The first-order valence-electron chi connectivity index (χ1n) is 6.81. The summed E-state index contributed by atoms with van der Waals surface area (Å²) in [5.41, 5.74) is 7.26. The van der Waals surface area contributed by atoms with Crippen molar-refractivity contribution in [3.63, 3.8) is 0 Å². The molecule has 1 aromatic carbocycles. The van der Waals surface area contributed by atoms with Crippen LogP contribution in [-0.4, -0.2) is 34.9 Å². The van der Waals surface area contributed by atoms with E-state index in [2.05, 4.69) is 5.16 Å². The number of amidine groups is 1. The average Bonchev–Trinajstić information content (AvgIpc) is 2.88. The van der Waals surface area contributed by atoms with E-state index in [-0.39, 0.29) is 24.0 Å². The minimum Gasteiger partial charge on any atom is -0.451 e. The Labute approximate surface area is 122 Å². The number of amides is 1. The van der Waals surface area contributed by atoms with Crippen molar-refractivity contribution in [2.24, 2.45) is 10.9 Å². The predicted octanol–water partition coefficient (Wildman–Crippen LogP) is 2.34. The summed E-state index contributed by atoms with van der Waals surface area (Å²) in [6, 6.07) is 7.46. The molecule has 0 radical (unpaired) electrons. The molecule has 6 heteroatoms. The second kappa shape index (κ2) is 6.30. The van der Waals surface area contributed by atoms with Gasteiger partial charge in [-0.15, -0.1) is 0 Å². The molecule has 0 spiro atoms. The molecule has 2 aromatic rings. The number of aryl methyl sites for hydroxylation is 1. The lowest BCUT2D eigenvalue weighted by Gasteiger charge is -2.19. The number of nitrogens with zero attached hydrogens (tertiary/aromatic N) is 2. The zero-order valence-corrected chi connectivity index (χ0v) is 12.2. The first kappa shape index (κ1) is 14.9. The summed E-state index contributed by atoms with van der Waals surface area (Å²) in [4.78, 5) is 14.0. The Hall–Kier alpha value is -2.50. The van der Waals surface area contributed by atoms with Crippen molar-refractivity contribution < 1.29 is 14.4 Å². The number of furan rings is 1. The number of rotatable bonds is 5. The lowest BCUT2D eigenvalue weighted by Crippen LogP contribution is -2.38. The maximum absolute atomic E-state index is 12.5. The highest BCUT2D eigenvalue weighted by Gasteiger charge is 2.20. The van der Waals surface area contributed by atoms with Crippen LogP contribution < -0.4 is 5.73 Å². The third-order valence-electron chi connectivity index (χ3n) is 3.14. The Balaban J connectivity index is 2.29. The molecule has 2 rings (SSSR count). The van der Waals surface area contributed by atoms with Crippen LogP contribution in [0.1, 0.15) is 29.5 Å². The van der Waals surface area contributed by atoms with E-state index < -0.39 is 0 Å². The number of carbonyl (C=O) groups is 1. The topological polar surface area (TPSA) is 92.1 Å². The lowest BCUT2D eigenvalue weighted by molar-refractivity contribution is 0.0749. The Morgan fingerprint density at radius 3 is 2.86 bits per heavy atom. The first-order chi connectivity index (χ1) is 10.0. The number of hydrogen-bond acceptors (Lipinski definition) is 4. The zero-order valence-electron chi connectivity index (χ0n) is 12.2. The van der Waals surface area contributed by atoms with Crippen molar-refractivity contribution in [1.29, 1.82) is 0 Å². The molecular formula is C15H19N3O3. The van der Waals surface area contributed by atoms with E-state index in [9.17, 15) is 4.79 Å². The largest absolute Gasteiger partial charge is 0.451 e. The van der Waals surface area contributed by atoms with Gasteiger partial charge in [-0.05, 0) is 31.5 Å². The number of fused-ring (bicyclic) bond motifs is 1. The minimum absolute atomic E-state index is 0.0104. The average molecular weight is 289 g/mol. The quantitative estimate of drug-likeness (QED) is 0.382. The van der Waals surface area contributed by atoms with Gasteiger partial charge in [0.05, 0.1) is 6.54 Å². The van der Waals surface area contributed by atoms with Gasteiger partial charge in [0, 0.05) is 11.9 Å². The number of nitrogens with two attached hydrogens (primary N) is 1. The third kappa shape index (κ3) is 3.34. The minimum atomic E-state index is -0.266. The monoisotopic (exact) mass is 289 g/mol. The molecule has 0 saturated carbocycles. The molecule has 0 bridgehead atoms. The van der Waals surface area contributed by atoms with Crippen LogP contribution in [0.2, 0.25) is 0 Å². The summed E-state index contributed by atoms with van der Waals surface area (Å²) in [6.07, 6.45) is 0.768. The molecule has 0 fully saturated rings. The zero-order chi connectivity index (χ0) is 15.4. The first-order valence-corrected chi connectivity index (χ1v) is 6.81. The van der Waals surface area contributed by atoms with Gasteiger partial charge in [0.25, 0.3) is 5.91 Å². The van der Waals surface area contributed by atoms with Crippen LogP contribution in [0, 0.1) is 6.92 Å². The second-order valence-electron chi connectivity index (χ2n) is 4.97. The predicted molar refractivity (Wildman–Crippen MR) is 80.6 cm³/mol. The lowest BCUT2D eigenvalue weighted by atomic mass is 10.2. The standard InChI is InChI=1S/C15H19N3O3/c1-3-6-18(9-14(16)17-20)15(19)13-8-11-7-10(2)4-5-12(11)21-13/h4-5,7-8,20H,3,6,9H2,1-2H3,(H2,16,17). The number of carbonyl (C=O) groups excluding carboxylic acids is 1. The van der Waals surface area contributed by atoms with E-state index in [1.807, 2.05) is 32.0 Å². The molecule has 1 heterocycles. The van der Waals surface area contributed by atoms with Gasteiger partial charge in [-0.25, -0.2) is 0 Å². The molecule has 3 N–H and O–H groups in total. The Morgan fingerprint density at radius 2 is 2.19 bits per heavy atom. The molecule has 0 unspecified atom stereocenters. The number of hydrogen-bond donors (Lipinski definition) is 2. The normalized spacial score (nSPS) is 11.8. The maximum atomic E-state index is 12.5. The fraction of sp³-hybridized carbons (Fsp3) is 0.333. The summed E-state index contributed by atoms with van der Waals surface area (Å²) in [5.74, 6) is -0.0177. The summed E-state index contributed by atoms with van der Waals surface area (Å²) >= 11 is 0. The smallest absolute Gasteiger partial charge is 0.290 e. The molecular weight excluding hydrogens is 270 g/mol. The highest BCUT2D eigenvalue weighted by molar-refractivity contribution is 5.98. The van der Waals surface area contributed by atoms with E-state index >= 15 is 0 Å². The second-order valence-corrected chi connectivity index (χ2v) is 4.97. The van der Waals surface area contributed by atoms with Gasteiger partial charge < -0.3 is 20.3 Å². The van der Waals surface area contributed by atoms with Gasteiger partial charge in [-0.3, -0.25) is 4.79 Å². The summed E-state index contributed by atoms with van der Waals surface area (Å²) in [7, 11) is 0. The van der Waals surface area contributed by atoms with Crippen LogP contribution in [0.15, 0.2) is 33.8 Å². The van der Waals surface area contributed by atoms with E-state index in [0.29, 0.717) is 12.1 Å². The van der Waals surface area contributed by atoms with Gasteiger partial charge in [0.2, 0.25) is 0 Å². The fourth-order valence-corrected chi connectivity index (χ4v) is 2.17. The Bertz CT molecular complexity index is 676. The molecule has 112 valence electrons. The molecule has 0 aliphatic heterocycles. The molecule has 0 atom stereocenters. The molecule has 1 aromatic heterocycles. The van der Waals surface area contributed by atoms with Gasteiger partial charge in [-0.1, -0.05) is 23.7 Å². The van der Waals surface area contributed by atoms with Crippen molar-refractivity contribution in [2.75, 3.05) is 13.1 Å². The Morgan fingerprint density at radius 1 is 1.43 bits per heavy atom. The number of oxime groups is 1. The molecule has 6 nitrogen and oxygen atoms in total. The highest BCUT2D eigenvalue weighted by atomic mass is 16.4. The van der Waals surface area contributed by atoms with Gasteiger partial charge in [-0.2, -0.15) is 0 Å². The van der Waals surface area contributed by atoms with Crippen molar-refractivity contribution in [3.8, 4) is 0 Å². The van der Waals surface area contributed by atoms with Crippen molar-refractivity contribution in [1.82, 2.24) is 4.90 Å². The van der Waals surface area contributed by atoms with Crippen molar-refractivity contribution in [3.05, 3.63) is 35.6 Å². The Kier molecular flexibility index (Phi) is 4.47. The van der Waals surface area contributed by atoms with E-state index in [1.165, 1.54) is 4.90 Å². The van der Waals surface area contributed by atoms with Crippen LogP contribution >= 0.6 is 0 Å². The van der Waals surface area contributed by atoms with Crippen LogP contribution in [0.5, 0.6) is 0 Å². The van der Waals surface area contributed by atoms with Crippen LogP contribution in [0.25, 0.3) is 11.0 Å². The van der Waals surface area contributed by atoms with Crippen molar-refractivity contribution >= 4 is 22.7 Å². The number of benzene rings is 1. The van der Waals surface area contributed by atoms with Crippen LogP contribution in [-0.2, 0) is 0 Å². The molecule has 1 amide bonds. The third-order valence-corrected chi connectivity index (χ3v) is 3.14. The van der Waals surface area contributed by atoms with Gasteiger partial charge in [0.15, 0.2) is 11.6 Å². The molecule has 0 aliphatic rings. The van der Waals surface area contributed by atoms with E-state index in [1.54, 1.807) is 6.07 Å². The molecule has 0 saturated heterocycles.